The van der Waals surface area contributed by atoms with Gasteiger partial charge in [-0.2, -0.15) is 0 Å². The van der Waals surface area contributed by atoms with Gasteiger partial charge in [0.05, 0.1) is 0 Å². The maximum atomic E-state index is 11.2. The number of amides is 2. The van der Waals surface area contributed by atoms with Crippen molar-refractivity contribution in [3.8, 4) is 0 Å². The molecule has 0 saturated carbocycles. The zero-order valence-electron chi connectivity index (χ0n) is 11.1. The van der Waals surface area contributed by atoms with Crippen molar-refractivity contribution in [1.29, 1.82) is 10.8 Å². The molecule has 2 aliphatic heterocycles. The van der Waals surface area contributed by atoms with Gasteiger partial charge in [0.15, 0.2) is 0 Å². The van der Waals surface area contributed by atoms with Gasteiger partial charge in [0.2, 0.25) is 11.8 Å². The van der Waals surface area contributed by atoms with Crippen LogP contribution in [0.1, 0.15) is 0 Å². The highest BCUT2D eigenvalue weighted by molar-refractivity contribution is 8.25. The van der Waals surface area contributed by atoms with Gasteiger partial charge < -0.3 is 21.3 Å². The molecule has 8 nitrogen and oxygen atoms in total. The number of nitrogens with zero attached hydrogens (tertiary/aromatic N) is 2. The minimum Gasteiger partial charge on any atom is -0.368 e. The Balaban J connectivity index is 2.02. The first-order chi connectivity index (χ1) is 10.2. The summed E-state index contributed by atoms with van der Waals surface area (Å²) in [5, 5.41) is 14.3. The SMILES string of the molecule is N=C1C(C(N)=O)SC(=S)N1CCN1C(=N)C(C(N)=O)SC1=S. The average Bonchev–Trinajstić information content (AvgIpc) is 2.86. The molecule has 0 bridgehead atoms. The molecule has 22 heavy (non-hydrogen) atoms. The molecule has 6 N–H and O–H groups in total. The molecule has 2 amide bonds. The lowest BCUT2D eigenvalue weighted by Crippen LogP contribution is -2.43. The van der Waals surface area contributed by atoms with Gasteiger partial charge in [0.25, 0.3) is 0 Å². The van der Waals surface area contributed by atoms with Crippen LogP contribution in [0.15, 0.2) is 0 Å². The van der Waals surface area contributed by atoms with Crippen LogP contribution in [0, 0.1) is 10.8 Å². The third-order valence-corrected chi connectivity index (χ3v) is 6.27. The lowest BCUT2D eigenvalue weighted by atomic mass is 10.3. The van der Waals surface area contributed by atoms with Gasteiger partial charge in [-0.3, -0.25) is 20.4 Å². The minimum absolute atomic E-state index is 0.0262. The number of hydrogen-bond acceptors (Lipinski definition) is 8. The Hall–Kier alpha value is -1.24. The summed E-state index contributed by atoms with van der Waals surface area (Å²) in [6.45, 7) is 0.534. The summed E-state index contributed by atoms with van der Waals surface area (Å²) < 4.78 is 0.758. The number of hydrogen-bond donors (Lipinski definition) is 4. The summed E-state index contributed by atoms with van der Waals surface area (Å²) in [7, 11) is 0. The number of thioether (sulfide) groups is 2. The number of carbonyl (C=O) groups is 2. The van der Waals surface area contributed by atoms with Crippen LogP contribution in [-0.2, 0) is 9.59 Å². The third-order valence-electron chi connectivity index (χ3n) is 3.02. The van der Waals surface area contributed by atoms with Crippen LogP contribution in [0.2, 0.25) is 0 Å². The molecule has 2 atom stereocenters. The van der Waals surface area contributed by atoms with Crippen molar-refractivity contribution in [2.24, 2.45) is 11.5 Å². The van der Waals surface area contributed by atoms with Crippen LogP contribution < -0.4 is 11.5 Å². The monoisotopic (exact) mass is 376 g/mol. The largest absolute Gasteiger partial charge is 0.368 e. The Morgan fingerprint density at radius 3 is 1.50 bits per heavy atom. The molecule has 118 valence electrons. The fourth-order valence-corrected chi connectivity index (χ4v) is 4.63. The predicted octanol–water partition coefficient (Wildman–Crippen LogP) is -0.684. The lowest BCUT2D eigenvalue weighted by Gasteiger charge is -2.23. The van der Waals surface area contributed by atoms with Crippen molar-refractivity contribution < 1.29 is 9.59 Å². The van der Waals surface area contributed by atoms with E-state index in [1.807, 2.05) is 0 Å². The first-order valence-corrected chi connectivity index (χ1v) is 8.53. The second kappa shape index (κ2) is 6.48. The van der Waals surface area contributed by atoms with Gasteiger partial charge in [-0.1, -0.05) is 48.0 Å². The topological polar surface area (TPSA) is 140 Å². The zero-order valence-corrected chi connectivity index (χ0v) is 14.3. The van der Waals surface area contributed by atoms with E-state index in [1.54, 1.807) is 0 Å². The molecule has 0 aromatic rings. The quantitative estimate of drug-likeness (QED) is 0.463. The number of nitrogens with one attached hydrogen (secondary N) is 2. The van der Waals surface area contributed by atoms with E-state index in [0.717, 1.165) is 23.5 Å². The third kappa shape index (κ3) is 3.09. The highest BCUT2D eigenvalue weighted by atomic mass is 32.2. The van der Waals surface area contributed by atoms with Crippen LogP contribution in [0.25, 0.3) is 0 Å². The molecule has 0 aromatic carbocycles. The maximum Gasteiger partial charge on any atom is 0.238 e. The number of rotatable bonds is 5. The Kier molecular flexibility index (Phi) is 5.04. The van der Waals surface area contributed by atoms with Crippen molar-refractivity contribution in [3.63, 3.8) is 0 Å². The van der Waals surface area contributed by atoms with Gasteiger partial charge >= 0.3 is 0 Å². The maximum absolute atomic E-state index is 11.2. The van der Waals surface area contributed by atoms with Gasteiger partial charge in [0.1, 0.15) is 30.8 Å². The van der Waals surface area contributed by atoms with Gasteiger partial charge in [-0.15, -0.1) is 0 Å². The summed E-state index contributed by atoms with van der Waals surface area (Å²) in [6, 6.07) is 0. The molecule has 2 saturated heterocycles. The van der Waals surface area contributed by atoms with E-state index < -0.39 is 22.3 Å². The Morgan fingerprint density at radius 1 is 0.955 bits per heavy atom. The fraction of sp³-hybridized carbons (Fsp3) is 0.400. The van der Waals surface area contributed by atoms with E-state index in [0.29, 0.717) is 8.64 Å². The van der Waals surface area contributed by atoms with Gasteiger partial charge in [-0.05, 0) is 0 Å². The molecule has 2 unspecified atom stereocenters. The van der Waals surface area contributed by atoms with E-state index in [9.17, 15) is 9.59 Å². The number of carbonyl (C=O) groups excluding carboxylic acids is 2. The number of thiocarbonyl (C=S) groups is 2. The zero-order chi connectivity index (χ0) is 16.6. The standard InChI is InChI=1S/C10H12N6O2S4/c11-5-3(7(13)17)21-9(19)15(5)1-2-16-6(12)4(8(14)18)22-10(16)20/h3-4,11-12H,1-2H2,(H2,13,17)(H2,14,18). The summed E-state index contributed by atoms with van der Waals surface area (Å²) in [5.74, 6) is -1.18. The Bertz CT molecular complexity index is 556. The van der Waals surface area contributed by atoms with Crippen LogP contribution in [0.5, 0.6) is 0 Å². The molecular weight excluding hydrogens is 364 g/mol. The van der Waals surface area contributed by atoms with Gasteiger partial charge in [0, 0.05) is 13.1 Å². The average molecular weight is 377 g/mol. The first kappa shape index (κ1) is 17.1. The van der Waals surface area contributed by atoms with Crippen molar-refractivity contribution in [2.75, 3.05) is 13.1 Å². The second-order valence-electron chi connectivity index (χ2n) is 4.41. The molecular formula is C10H12N6O2S4. The van der Waals surface area contributed by atoms with Crippen molar-refractivity contribution in [3.05, 3.63) is 0 Å². The number of nitrogens with two attached hydrogens (primary N) is 2. The second-order valence-corrected chi connectivity index (χ2v) is 7.88. The van der Waals surface area contributed by atoms with Crippen molar-refractivity contribution >= 4 is 80.1 Å². The van der Waals surface area contributed by atoms with E-state index in [-0.39, 0.29) is 24.8 Å². The Labute approximate surface area is 145 Å². The van der Waals surface area contributed by atoms with E-state index in [2.05, 4.69) is 0 Å². The molecule has 2 aliphatic rings. The number of primary amides is 2. The predicted molar refractivity (Wildman–Crippen MR) is 95.2 cm³/mol. The van der Waals surface area contributed by atoms with E-state index >= 15 is 0 Å². The molecule has 2 heterocycles. The Morgan fingerprint density at radius 2 is 1.27 bits per heavy atom. The summed E-state index contributed by atoms with van der Waals surface area (Å²) in [4.78, 5) is 25.4. The van der Waals surface area contributed by atoms with Crippen LogP contribution in [-0.4, -0.2) is 65.5 Å². The molecule has 0 aliphatic carbocycles. The number of amidine groups is 2. The summed E-state index contributed by atoms with van der Waals surface area (Å²) in [6.07, 6.45) is 0. The minimum atomic E-state index is -0.787. The van der Waals surface area contributed by atoms with Crippen LogP contribution >= 0.6 is 48.0 Å². The highest BCUT2D eigenvalue weighted by Crippen LogP contribution is 2.29. The van der Waals surface area contributed by atoms with Crippen LogP contribution in [0.3, 0.4) is 0 Å². The van der Waals surface area contributed by atoms with Crippen molar-refractivity contribution in [1.82, 2.24) is 9.80 Å². The van der Waals surface area contributed by atoms with E-state index in [1.165, 1.54) is 9.80 Å². The van der Waals surface area contributed by atoms with Gasteiger partial charge in [-0.25, -0.2) is 0 Å². The molecule has 0 spiro atoms. The molecule has 2 rings (SSSR count). The summed E-state index contributed by atoms with van der Waals surface area (Å²) >= 11 is 12.4. The molecule has 12 heteroatoms. The van der Waals surface area contributed by atoms with Crippen molar-refractivity contribution in [2.45, 2.75) is 10.5 Å². The first-order valence-electron chi connectivity index (χ1n) is 5.96. The molecule has 2 fully saturated rings. The van der Waals surface area contributed by atoms with E-state index in [4.69, 9.17) is 46.7 Å². The highest BCUT2D eigenvalue weighted by Gasteiger charge is 2.40. The summed E-state index contributed by atoms with van der Waals surface area (Å²) in [5.41, 5.74) is 10.4. The lowest BCUT2D eigenvalue weighted by molar-refractivity contribution is -0.117. The fourth-order valence-electron chi connectivity index (χ4n) is 1.93. The van der Waals surface area contributed by atoms with Crippen LogP contribution in [0.4, 0.5) is 0 Å². The molecule has 0 radical (unpaired) electrons. The molecule has 0 aromatic heterocycles. The smallest absolute Gasteiger partial charge is 0.238 e. The normalized spacial score (nSPS) is 25.3.